The smallest absolute Gasteiger partial charge is 0.361 e. The van der Waals surface area contributed by atoms with E-state index in [4.69, 9.17) is 18.9 Å². The molecule has 0 aliphatic rings. The van der Waals surface area contributed by atoms with E-state index in [9.17, 15) is 19.5 Å². The van der Waals surface area contributed by atoms with Crippen molar-refractivity contribution in [2.24, 2.45) is 0 Å². The number of carboxylic acid groups (broad SMARTS) is 1. The van der Waals surface area contributed by atoms with E-state index in [1.807, 2.05) is 21.1 Å². The lowest BCUT2D eigenvalue weighted by molar-refractivity contribution is -0.870. The predicted octanol–water partition coefficient (Wildman–Crippen LogP) is 24.9. The van der Waals surface area contributed by atoms with Gasteiger partial charge in [0.05, 0.1) is 34.4 Å². The molecule has 0 saturated heterocycles. The van der Waals surface area contributed by atoms with Gasteiger partial charge in [0.15, 0.2) is 6.10 Å². The monoisotopic (exact) mass is 1300 g/mol. The lowest BCUT2D eigenvalue weighted by Gasteiger charge is -2.25. The number of hydrogen-bond acceptors (Lipinski definition) is 7. The van der Waals surface area contributed by atoms with Crippen molar-refractivity contribution in [3.63, 3.8) is 0 Å². The molecule has 0 bridgehead atoms. The summed E-state index contributed by atoms with van der Waals surface area (Å²) in [6.07, 6.45) is 101. The molecule has 0 aliphatic carbocycles. The molecule has 0 radical (unpaired) electrons. The number of quaternary nitrogens is 1. The fraction of sp³-hybridized carbons (Fsp3) is 0.750. The van der Waals surface area contributed by atoms with Crippen molar-refractivity contribution in [3.8, 4) is 0 Å². The third kappa shape index (κ3) is 75.2. The molecular weight excluding hydrogens is 1150 g/mol. The minimum atomic E-state index is -1.52. The molecule has 0 amide bonds. The van der Waals surface area contributed by atoms with E-state index in [1.54, 1.807) is 0 Å². The second-order valence-electron chi connectivity index (χ2n) is 27.3. The molecule has 2 atom stereocenters. The average Bonchev–Trinajstić information content (AvgIpc) is 3.38. The van der Waals surface area contributed by atoms with Crippen molar-refractivity contribution in [1.29, 1.82) is 0 Å². The van der Waals surface area contributed by atoms with Crippen LogP contribution in [0.5, 0.6) is 0 Å². The van der Waals surface area contributed by atoms with Gasteiger partial charge in [-0.05, 0) is 96.3 Å². The average molecular weight is 1300 g/mol. The van der Waals surface area contributed by atoms with Crippen LogP contribution in [0.15, 0.2) is 109 Å². The molecule has 0 fully saturated rings. The molecule has 0 aromatic rings. The Balaban J connectivity index is 3.97. The van der Waals surface area contributed by atoms with E-state index in [1.165, 1.54) is 218 Å². The highest BCUT2D eigenvalue weighted by molar-refractivity contribution is 5.71. The number of allylic oxidation sites excluding steroid dienone is 18. The summed E-state index contributed by atoms with van der Waals surface area (Å²) in [6, 6.07) is 0. The van der Waals surface area contributed by atoms with Crippen molar-refractivity contribution in [3.05, 3.63) is 109 Å². The Morgan fingerprint density at radius 3 is 0.860 bits per heavy atom. The number of carbonyl (C=O) groups is 3. The second kappa shape index (κ2) is 73.8. The van der Waals surface area contributed by atoms with Gasteiger partial charge in [0.25, 0.3) is 6.29 Å². The fourth-order valence-corrected chi connectivity index (χ4v) is 11.2. The van der Waals surface area contributed by atoms with Gasteiger partial charge in [-0.3, -0.25) is 9.59 Å². The van der Waals surface area contributed by atoms with E-state index < -0.39 is 24.3 Å². The number of likely N-dealkylation sites (N-methyl/N-ethyl adjacent to an activating group) is 1. The van der Waals surface area contributed by atoms with Gasteiger partial charge in [0.1, 0.15) is 13.2 Å². The predicted molar refractivity (Wildman–Crippen MR) is 401 cm³/mol. The van der Waals surface area contributed by atoms with Crippen LogP contribution in [0.2, 0.25) is 0 Å². The number of ether oxygens (including phenoxy) is 4. The first kappa shape index (κ1) is 89.0. The zero-order valence-electron chi connectivity index (χ0n) is 61.4. The maximum absolute atomic E-state index is 13.0. The van der Waals surface area contributed by atoms with Crippen LogP contribution in [0.4, 0.5) is 0 Å². The maximum atomic E-state index is 13.0. The van der Waals surface area contributed by atoms with Crippen LogP contribution >= 0.6 is 0 Å². The lowest BCUT2D eigenvalue weighted by Crippen LogP contribution is -2.40. The third-order valence-electron chi connectivity index (χ3n) is 17.0. The molecule has 9 nitrogen and oxygen atoms in total. The molecule has 0 aliphatic heterocycles. The molecule has 0 aromatic carbocycles. The van der Waals surface area contributed by atoms with Crippen molar-refractivity contribution in [2.75, 3.05) is 47.5 Å². The first-order valence-corrected chi connectivity index (χ1v) is 39.1. The topological polar surface area (TPSA) is 108 Å². The number of nitrogens with zero attached hydrogens (tertiary/aromatic N) is 1. The Kier molecular flexibility index (Phi) is 70.5. The maximum Gasteiger partial charge on any atom is 0.361 e. The van der Waals surface area contributed by atoms with Crippen LogP contribution in [0.25, 0.3) is 0 Å². The van der Waals surface area contributed by atoms with Gasteiger partial charge < -0.3 is 28.5 Å². The fourth-order valence-electron chi connectivity index (χ4n) is 11.2. The van der Waals surface area contributed by atoms with Crippen LogP contribution in [-0.4, -0.2) is 87.4 Å². The summed E-state index contributed by atoms with van der Waals surface area (Å²) >= 11 is 0. The van der Waals surface area contributed by atoms with E-state index in [2.05, 4.69) is 123 Å². The van der Waals surface area contributed by atoms with Gasteiger partial charge in [-0.2, -0.15) is 0 Å². The van der Waals surface area contributed by atoms with E-state index in [0.29, 0.717) is 23.9 Å². The van der Waals surface area contributed by atoms with Crippen LogP contribution < -0.4 is 0 Å². The zero-order chi connectivity index (χ0) is 67.5. The van der Waals surface area contributed by atoms with Gasteiger partial charge in [0, 0.05) is 12.8 Å². The van der Waals surface area contributed by atoms with Crippen LogP contribution in [-0.2, 0) is 33.3 Å². The molecule has 0 aromatic heterocycles. The van der Waals surface area contributed by atoms with Gasteiger partial charge in [-0.25, -0.2) is 4.79 Å². The Bertz CT molecular complexity index is 1900. The van der Waals surface area contributed by atoms with Crippen LogP contribution in [0.1, 0.15) is 348 Å². The Hall–Kier alpha value is -4.05. The van der Waals surface area contributed by atoms with E-state index in [-0.39, 0.29) is 32.2 Å². The molecule has 0 heterocycles. The summed E-state index contributed by atoms with van der Waals surface area (Å²) in [5, 5.41) is 9.77. The molecular formula is C84H148NO8+. The minimum absolute atomic E-state index is 0.183. The summed E-state index contributed by atoms with van der Waals surface area (Å²) in [5.41, 5.74) is 0. The molecule has 0 spiro atoms. The number of carbonyl (C=O) groups excluding carboxylic acids is 2. The number of rotatable bonds is 72. The minimum Gasteiger partial charge on any atom is -0.477 e. The van der Waals surface area contributed by atoms with E-state index in [0.717, 1.165) is 96.3 Å². The summed E-state index contributed by atoms with van der Waals surface area (Å²) in [4.78, 5) is 37.7. The third-order valence-corrected chi connectivity index (χ3v) is 17.0. The number of aliphatic carboxylic acids is 1. The molecule has 0 saturated carbocycles. The molecule has 93 heavy (non-hydrogen) atoms. The van der Waals surface area contributed by atoms with Gasteiger partial charge >= 0.3 is 17.9 Å². The zero-order valence-corrected chi connectivity index (χ0v) is 61.4. The summed E-state index contributed by atoms with van der Waals surface area (Å²) < 4.78 is 23.0. The highest BCUT2D eigenvalue weighted by Crippen LogP contribution is 2.19. The van der Waals surface area contributed by atoms with Gasteiger partial charge in [-0.15, -0.1) is 0 Å². The van der Waals surface area contributed by atoms with Crippen molar-refractivity contribution < 1.29 is 42.9 Å². The summed E-state index contributed by atoms with van der Waals surface area (Å²) in [6.45, 7) is 4.69. The molecule has 9 heteroatoms. The lowest BCUT2D eigenvalue weighted by atomic mass is 10.0. The first-order chi connectivity index (χ1) is 45.6. The van der Waals surface area contributed by atoms with Crippen molar-refractivity contribution in [2.45, 2.75) is 360 Å². The molecule has 2 unspecified atom stereocenters. The summed E-state index contributed by atoms with van der Waals surface area (Å²) in [7, 11) is 5.98. The number of carboxylic acids is 1. The molecule has 1 N–H and O–H groups in total. The quantitative estimate of drug-likeness (QED) is 0.0211. The number of unbranched alkanes of at least 4 members (excludes halogenated alkanes) is 39. The Morgan fingerprint density at radius 2 is 0.581 bits per heavy atom. The van der Waals surface area contributed by atoms with Crippen LogP contribution in [0, 0.1) is 0 Å². The van der Waals surface area contributed by atoms with Crippen molar-refractivity contribution in [1.82, 2.24) is 0 Å². The highest BCUT2D eigenvalue weighted by atomic mass is 16.7. The number of hydrogen-bond donors (Lipinski definition) is 1. The van der Waals surface area contributed by atoms with Crippen LogP contribution in [0.3, 0.4) is 0 Å². The number of esters is 2. The summed E-state index contributed by atoms with van der Waals surface area (Å²) in [5.74, 6) is -1.99. The van der Waals surface area contributed by atoms with Crippen molar-refractivity contribution >= 4 is 17.9 Å². The highest BCUT2D eigenvalue weighted by Gasteiger charge is 2.25. The normalized spacial score (nSPS) is 13.3. The van der Waals surface area contributed by atoms with E-state index >= 15 is 0 Å². The first-order valence-electron chi connectivity index (χ1n) is 39.1. The second-order valence-corrected chi connectivity index (χ2v) is 27.3. The standard InChI is InChI=1S/C84H147NO8/c1-6-8-10-12-14-16-18-20-22-24-26-28-30-32-34-35-36-37-38-39-40-41-42-43-44-45-46-47-49-50-52-54-56-58-60-62-64-66-68-70-72-74-81(86)91-78-80(79-92-84(83(88)89)90-77-76-85(3,4)5)93-82(87)75-73-71-69-67-65-63-61-59-57-55-53-51-48-33-31-29-27-25-23-21-19-17-15-13-11-9-7-2/h8-11,14-17,20-23,26-29,33,48,80,84H,6-7,12-13,18-19,24-25,30-32,34-47,49-79H2,1-5H3/p+1/b10-8-,11-9-,16-14-,17-15-,22-20-,23-21-,28-26-,29-27-,48-33-. The molecule has 0 rings (SSSR count). The Labute approximate surface area is 575 Å². The largest absolute Gasteiger partial charge is 0.477 e. The Morgan fingerprint density at radius 1 is 0.323 bits per heavy atom. The SMILES string of the molecule is CC/C=C\C/C=C\C/C=C\C/C=C\C/C=C\CCCCCCCCCCCCCC(=O)OC(COC(=O)CCCCCCCCCCCCCCCCCCCCCCCCCCCCCC/C=C\C/C=C\C/C=C\C/C=C\CC)COC(OCC[N+](C)(C)C)C(=O)O. The molecule has 536 valence electrons. The van der Waals surface area contributed by atoms with Gasteiger partial charge in [0.2, 0.25) is 0 Å². The van der Waals surface area contributed by atoms with Gasteiger partial charge in [-0.1, -0.05) is 348 Å².